The minimum Gasteiger partial charge on any atom is -0.494 e. The Morgan fingerprint density at radius 2 is 1.75 bits per heavy atom. The molecule has 0 aliphatic carbocycles. The topological polar surface area (TPSA) is 76.7 Å². The maximum Gasteiger partial charge on any atom is 0.276 e. The number of nitrogens with one attached hydrogen (secondary N) is 2. The lowest BCUT2D eigenvalue weighted by Gasteiger charge is -2.09. The fraction of sp³-hybridized carbons (Fsp3) is 0.125. The van der Waals surface area contributed by atoms with Gasteiger partial charge in [0.1, 0.15) is 11.6 Å². The zero-order valence-corrected chi connectivity index (χ0v) is 12.6. The van der Waals surface area contributed by atoms with Crippen LogP contribution in [0, 0.1) is 11.6 Å². The summed E-state index contributed by atoms with van der Waals surface area (Å²) in [4.78, 5) is 23.4. The highest BCUT2D eigenvalue weighted by molar-refractivity contribution is 5.95. The molecule has 2 aromatic carbocycles. The molecule has 0 bridgehead atoms. The van der Waals surface area contributed by atoms with Crippen LogP contribution in [-0.2, 0) is 4.79 Å². The Balaban J connectivity index is 1.81. The number of halogens is 2. The molecule has 0 heterocycles. The van der Waals surface area contributed by atoms with Gasteiger partial charge in [-0.15, -0.1) is 0 Å². The van der Waals surface area contributed by atoms with Gasteiger partial charge in [-0.3, -0.25) is 20.4 Å². The van der Waals surface area contributed by atoms with Gasteiger partial charge in [-0.05, 0) is 42.5 Å². The molecular formula is C16H14F2N2O4. The summed E-state index contributed by atoms with van der Waals surface area (Å²) in [5, 5.41) is 0. The summed E-state index contributed by atoms with van der Waals surface area (Å²) in [6, 6.07) is 8.72. The second-order valence-corrected chi connectivity index (χ2v) is 4.59. The van der Waals surface area contributed by atoms with E-state index in [-0.39, 0.29) is 17.9 Å². The Morgan fingerprint density at radius 1 is 1.04 bits per heavy atom. The highest BCUT2D eigenvalue weighted by atomic mass is 19.1. The SMILES string of the molecule is COc1ccc(C(=O)NNC(=O)COc2ccc(F)cc2)cc1F. The molecule has 0 aromatic heterocycles. The van der Waals surface area contributed by atoms with E-state index >= 15 is 0 Å². The Kier molecular flexibility index (Phi) is 5.67. The summed E-state index contributed by atoms with van der Waals surface area (Å²) in [6.45, 7) is -0.386. The number of methoxy groups -OCH3 is 1. The number of carbonyl (C=O) groups excluding carboxylic acids is 2. The van der Waals surface area contributed by atoms with Gasteiger partial charge in [0.05, 0.1) is 7.11 Å². The van der Waals surface area contributed by atoms with Gasteiger partial charge < -0.3 is 9.47 Å². The molecule has 0 saturated carbocycles. The van der Waals surface area contributed by atoms with Gasteiger partial charge in [0.2, 0.25) is 0 Å². The van der Waals surface area contributed by atoms with Crippen LogP contribution < -0.4 is 20.3 Å². The molecule has 24 heavy (non-hydrogen) atoms. The summed E-state index contributed by atoms with van der Waals surface area (Å²) in [6.07, 6.45) is 0. The molecule has 6 nitrogen and oxygen atoms in total. The van der Waals surface area contributed by atoms with Crippen molar-refractivity contribution >= 4 is 11.8 Å². The predicted molar refractivity (Wildman–Crippen MR) is 80.5 cm³/mol. The summed E-state index contributed by atoms with van der Waals surface area (Å²) < 4.78 is 36.1. The van der Waals surface area contributed by atoms with Crippen molar-refractivity contribution in [1.82, 2.24) is 10.9 Å². The van der Waals surface area contributed by atoms with Crippen LogP contribution in [0.5, 0.6) is 11.5 Å². The van der Waals surface area contributed by atoms with Crippen molar-refractivity contribution in [2.45, 2.75) is 0 Å². The molecule has 2 amide bonds. The van der Waals surface area contributed by atoms with Crippen molar-refractivity contribution in [2.24, 2.45) is 0 Å². The molecule has 0 aliphatic heterocycles. The molecule has 0 spiro atoms. The lowest BCUT2D eigenvalue weighted by atomic mass is 10.2. The van der Waals surface area contributed by atoms with Gasteiger partial charge in [-0.25, -0.2) is 8.78 Å². The number of benzene rings is 2. The van der Waals surface area contributed by atoms with Crippen molar-refractivity contribution < 1.29 is 27.8 Å². The van der Waals surface area contributed by atoms with Crippen LogP contribution >= 0.6 is 0 Å². The molecule has 0 unspecified atom stereocenters. The highest BCUT2D eigenvalue weighted by Gasteiger charge is 2.11. The minimum atomic E-state index is -0.702. The average molecular weight is 336 g/mol. The molecule has 126 valence electrons. The number of hydrazine groups is 1. The first-order valence-electron chi connectivity index (χ1n) is 6.80. The largest absolute Gasteiger partial charge is 0.494 e. The highest BCUT2D eigenvalue weighted by Crippen LogP contribution is 2.17. The van der Waals surface area contributed by atoms with Crippen molar-refractivity contribution in [3.05, 3.63) is 59.7 Å². The zero-order valence-electron chi connectivity index (χ0n) is 12.6. The standard InChI is InChI=1S/C16H14F2N2O4/c1-23-14-7-2-10(8-13(14)18)16(22)20-19-15(21)9-24-12-5-3-11(17)4-6-12/h2-8H,9H2,1H3,(H,19,21)(H,20,22). The van der Waals surface area contributed by atoms with E-state index in [1.807, 2.05) is 0 Å². The van der Waals surface area contributed by atoms with E-state index in [4.69, 9.17) is 9.47 Å². The van der Waals surface area contributed by atoms with Gasteiger partial charge >= 0.3 is 0 Å². The van der Waals surface area contributed by atoms with Gasteiger partial charge in [0.25, 0.3) is 11.8 Å². The predicted octanol–water partition coefficient (Wildman–Crippen LogP) is 1.81. The summed E-state index contributed by atoms with van der Waals surface area (Å²) >= 11 is 0. The number of hydrogen-bond donors (Lipinski definition) is 2. The smallest absolute Gasteiger partial charge is 0.276 e. The average Bonchev–Trinajstić information content (AvgIpc) is 2.59. The van der Waals surface area contributed by atoms with Gasteiger partial charge in [0.15, 0.2) is 18.2 Å². The van der Waals surface area contributed by atoms with Crippen LogP contribution in [0.15, 0.2) is 42.5 Å². The Hall–Kier alpha value is -3.16. The lowest BCUT2D eigenvalue weighted by Crippen LogP contribution is -2.43. The molecule has 0 aliphatic rings. The van der Waals surface area contributed by atoms with E-state index < -0.39 is 23.4 Å². The first kappa shape index (κ1) is 17.2. The number of rotatable bonds is 5. The first-order valence-corrected chi connectivity index (χ1v) is 6.80. The van der Waals surface area contributed by atoms with Crippen molar-refractivity contribution in [3.63, 3.8) is 0 Å². The van der Waals surface area contributed by atoms with Crippen molar-refractivity contribution in [3.8, 4) is 11.5 Å². The van der Waals surface area contributed by atoms with Gasteiger partial charge in [0, 0.05) is 5.56 Å². The van der Waals surface area contributed by atoms with Crippen LogP contribution in [0.1, 0.15) is 10.4 Å². The molecule has 0 saturated heterocycles. The van der Waals surface area contributed by atoms with E-state index in [0.29, 0.717) is 5.75 Å². The maximum absolute atomic E-state index is 13.5. The third-order valence-corrected chi connectivity index (χ3v) is 2.91. The van der Waals surface area contributed by atoms with Crippen molar-refractivity contribution in [2.75, 3.05) is 13.7 Å². The zero-order chi connectivity index (χ0) is 17.5. The number of ether oxygens (including phenoxy) is 2. The van der Waals surface area contributed by atoms with Crippen LogP contribution in [0.4, 0.5) is 8.78 Å². The van der Waals surface area contributed by atoms with E-state index in [9.17, 15) is 18.4 Å². The van der Waals surface area contributed by atoms with E-state index in [1.165, 1.54) is 43.5 Å². The Morgan fingerprint density at radius 3 is 2.38 bits per heavy atom. The number of hydrogen-bond acceptors (Lipinski definition) is 4. The number of carbonyl (C=O) groups is 2. The maximum atomic E-state index is 13.5. The van der Waals surface area contributed by atoms with Crippen LogP contribution in [0.25, 0.3) is 0 Å². The van der Waals surface area contributed by atoms with Crippen molar-refractivity contribution in [1.29, 1.82) is 0 Å². The summed E-state index contributed by atoms with van der Waals surface area (Å²) in [5.41, 5.74) is 4.25. The second kappa shape index (κ2) is 7.91. The Bertz CT molecular complexity index is 735. The molecule has 2 N–H and O–H groups in total. The second-order valence-electron chi connectivity index (χ2n) is 4.59. The molecule has 8 heteroatoms. The third-order valence-electron chi connectivity index (χ3n) is 2.91. The third kappa shape index (κ3) is 4.67. The van der Waals surface area contributed by atoms with E-state index in [2.05, 4.69) is 10.9 Å². The number of amides is 2. The molecule has 0 fully saturated rings. The summed E-state index contributed by atoms with van der Waals surface area (Å²) in [7, 11) is 1.31. The van der Waals surface area contributed by atoms with E-state index in [0.717, 1.165) is 6.07 Å². The fourth-order valence-corrected chi connectivity index (χ4v) is 1.72. The molecule has 2 aromatic rings. The Labute approximate surface area is 136 Å². The molecular weight excluding hydrogens is 322 g/mol. The lowest BCUT2D eigenvalue weighted by molar-refractivity contribution is -0.123. The van der Waals surface area contributed by atoms with E-state index in [1.54, 1.807) is 0 Å². The van der Waals surface area contributed by atoms with Crippen LogP contribution in [0.2, 0.25) is 0 Å². The monoisotopic (exact) mass is 336 g/mol. The fourth-order valence-electron chi connectivity index (χ4n) is 1.72. The van der Waals surface area contributed by atoms with Gasteiger partial charge in [-0.2, -0.15) is 0 Å². The molecule has 0 atom stereocenters. The quantitative estimate of drug-likeness (QED) is 0.817. The summed E-state index contributed by atoms with van der Waals surface area (Å²) in [5.74, 6) is -2.16. The molecule has 2 rings (SSSR count). The van der Waals surface area contributed by atoms with Crippen LogP contribution in [0.3, 0.4) is 0 Å². The minimum absolute atomic E-state index is 0.00304. The normalized spacial score (nSPS) is 9.96. The van der Waals surface area contributed by atoms with Crippen LogP contribution in [-0.4, -0.2) is 25.5 Å². The first-order chi connectivity index (χ1) is 11.5. The van der Waals surface area contributed by atoms with Gasteiger partial charge in [-0.1, -0.05) is 0 Å². The molecule has 0 radical (unpaired) electrons.